The van der Waals surface area contributed by atoms with Gasteiger partial charge in [-0.15, -0.1) is 24.0 Å². The molecule has 1 aliphatic rings. The maximum Gasteiger partial charge on any atom is 0.191 e. The van der Waals surface area contributed by atoms with Gasteiger partial charge in [-0.1, -0.05) is 24.3 Å². The number of halogens is 1. The lowest BCUT2D eigenvalue weighted by Crippen LogP contribution is -2.44. The number of aromatic nitrogens is 2. The molecule has 1 fully saturated rings. The Morgan fingerprint density at radius 1 is 1.23 bits per heavy atom. The summed E-state index contributed by atoms with van der Waals surface area (Å²) in [6.07, 6.45) is 3.52. The molecule has 0 bridgehead atoms. The minimum absolute atomic E-state index is 0. The second-order valence-corrected chi connectivity index (χ2v) is 7.88. The summed E-state index contributed by atoms with van der Waals surface area (Å²) in [5, 5.41) is 21.5. The molecule has 8 nitrogen and oxygen atoms in total. The van der Waals surface area contributed by atoms with Crippen LogP contribution in [0.1, 0.15) is 30.5 Å². The molecule has 1 unspecified atom stereocenters. The third-order valence-corrected chi connectivity index (χ3v) is 5.29. The van der Waals surface area contributed by atoms with Crippen molar-refractivity contribution < 1.29 is 9.84 Å². The number of morpholine rings is 1. The van der Waals surface area contributed by atoms with Crippen LogP contribution in [0.15, 0.2) is 41.7 Å². The second-order valence-electron chi connectivity index (χ2n) is 7.88. The van der Waals surface area contributed by atoms with Crippen molar-refractivity contribution in [3.63, 3.8) is 0 Å². The molecule has 0 spiro atoms. The largest absolute Gasteiger partial charge is 0.383 e. The zero-order valence-corrected chi connectivity index (χ0v) is 21.0. The average molecular weight is 542 g/mol. The number of ether oxygens (including phenoxy) is 1. The van der Waals surface area contributed by atoms with Gasteiger partial charge in [0.25, 0.3) is 0 Å². The molecule has 1 aromatic carbocycles. The number of hydrogen-bond acceptors (Lipinski definition) is 5. The van der Waals surface area contributed by atoms with E-state index in [0.29, 0.717) is 19.0 Å². The Balaban J connectivity index is 0.00000341. The van der Waals surface area contributed by atoms with Gasteiger partial charge >= 0.3 is 0 Å². The van der Waals surface area contributed by atoms with Crippen molar-refractivity contribution >= 4 is 29.9 Å². The topological polar surface area (TPSA) is 86.9 Å². The van der Waals surface area contributed by atoms with Gasteiger partial charge in [-0.3, -0.25) is 9.58 Å². The quantitative estimate of drug-likeness (QED) is 0.268. The molecule has 0 amide bonds. The van der Waals surface area contributed by atoms with Gasteiger partial charge in [0.15, 0.2) is 5.96 Å². The van der Waals surface area contributed by atoms with Gasteiger partial charge in [-0.05, 0) is 25.0 Å². The highest BCUT2D eigenvalue weighted by Crippen LogP contribution is 2.18. The highest BCUT2D eigenvalue weighted by Gasteiger charge is 2.25. The predicted molar refractivity (Wildman–Crippen MR) is 134 cm³/mol. The van der Waals surface area contributed by atoms with Crippen LogP contribution in [-0.4, -0.2) is 65.1 Å². The number of nitrogens with one attached hydrogen (secondary N) is 2. The van der Waals surface area contributed by atoms with E-state index in [1.54, 1.807) is 17.8 Å². The number of benzene rings is 1. The predicted octanol–water partition coefficient (Wildman–Crippen LogP) is 1.83. The van der Waals surface area contributed by atoms with Crippen molar-refractivity contribution in [2.24, 2.45) is 12.0 Å². The summed E-state index contributed by atoms with van der Waals surface area (Å²) < 4.78 is 7.14. The van der Waals surface area contributed by atoms with E-state index in [1.807, 2.05) is 20.2 Å². The van der Waals surface area contributed by atoms with Crippen LogP contribution in [0.3, 0.4) is 0 Å². The molecular weight excluding hydrogens is 507 g/mol. The first kappa shape index (κ1) is 25.6. The first-order chi connectivity index (χ1) is 14.5. The van der Waals surface area contributed by atoms with Crippen LogP contribution in [0, 0.1) is 0 Å². The molecule has 1 saturated heterocycles. The summed E-state index contributed by atoms with van der Waals surface area (Å²) in [7, 11) is 1.84. The lowest BCUT2D eigenvalue weighted by atomic mass is 10.00. The summed E-state index contributed by atoms with van der Waals surface area (Å²) in [4.78, 5) is 7.18. The van der Waals surface area contributed by atoms with Crippen LogP contribution in [0.25, 0.3) is 0 Å². The fourth-order valence-electron chi connectivity index (χ4n) is 3.43. The Bertz CT molecular complexity index is 833. The maximum atomic E-state index is 10.8. The fraction of sp³-hybridized carbons (Fsp3) is 0.545. The van der Waals surface area contributed by atoms with Crippen molar-refractivity contribution in [3.8, 4) is 0 Å². The number of nitrogens with zero attached hydrogens (tertiary/aromatic N) is 4. The molecular formula is C22H35IN6O2. The van der Waals surface area contributed by atoms with Gasteiger partial charge in [0.2, 0.25) is 0 Å². The van der Waals surface area contributed by atoms with Crippen LogP contribution >= 0.6 is 24.0 Å². The lowest BCUT2D eigenvalue weighted by molar-refractivity contribution is 0.0341. The van der Waals surface area contributed by atoms with Gasteiger partial charge in [0.1, 0.15) is 5.60 Å². The SMILES string of the molecule is CCNC(=NCc1ccccc1CN1CCOCC1)NCC(C)(O)c1cnn(C)c1.I. The average Bonchev–Trinajstić information content (AvgIpc) is 3.19. The number of aliphatic imine (C=N–C) groups is 1. The number of aliphatic hydroxyl groups is 1. The van der Waals surface area contributed by atoms with E-state index < -0.39 is 5.60 Å². The highest BCUT2D eigenvalue weighted by molar-refractivity contribution is 14.0. The van der Waals surface area contributed by atoms with Crippen molar-refractivity contribution in [3.05, 3.63) is 53.3 Å². The fourth-order valence-corrected chi connectivity index (χ4v) is 3.43. The Hall–Kier alpha value is -1.69. The zero-order valence-electron chi connectivity index (χ0n) is 18.7. The maximum absolute atomic E-state index is 10.8. The number of rotatable bonds is 8. The van der Waals surface area contributed by atoms with Crippen molar-refractivity contribution in [1.29, 1.82) is 0 Å². The monoisotopic (exact) mass is 542 g/mol. The summed E-state index contributed by atoms with van der Waals surface area (Å²) >= 11 is 0. The van der Waals surface area contributed by atoms with Crippen LogP contribution in [0.2, 0.25) is 0 Å². The molecule has 172 valence electrons. The second kappa shape index (κ2) is 12.4. The van der Waals surface area contributed by atoms with Gasteiger partial charge in [-0.25, -0.2) is 4.99 Å². The molecule has 9 heteroatoms. The molecule has 1 aromatic heterocycles. The van der Waals surface area contributed by atoms with Gasteiger partial charge in [-0.2, -0.15) is 5.10 Å². The Labute approximate surface area is 202 Å². The molecule has 0 saturated carbocycles. The normalized spacial score (nSPS) is 17.0. The molecule has 1 atom stereocenters. The Kier molecular flexibility index (Phi) is 10.2. The summed E-state index contributed by atoms with van der Waals surface area (Å²) in [5.74, 6) is 0.683. The van der Waals surface area contributed by atoms with Crippen LogP contribution in [0.5, 0.6) is 0 Å². The van der Waals surface area contributed by atoms with Gasteiger partial charge in [0.05, 0.1) is 32.5 Å². The van der Waals surface area contributed by atoms with Crippen LogP contribution < -0.4 is 10.6 Å². The van der Waals surface area contributed by atoms with E-state index in [4.69, 9.17) is 9.73 Å². The Morgan fingerprint density at radius 3 is 2.58 bits per heavy atom. The standard InChI is InChI=1S/C22H34N6O2.HI/c1-4-23-21(25-17-22(2,29)20-14-26-27(3)16-20)24-13-18-7-5-6-8-19(18)15-28-9-11-30-12-10-28;/h5-8,14,16,29H,4,9-13,15,17H2,1-3H3,(H2,23,24,25);1H. The molecule has 3 N–H and O–H groups in total. The molecule has 0 radical (unpaired) electrons. The Morgan fingerprint density at radius 2 is 1.94 bits per heavy atom. The van der Waals surface area contributed by atoms with Crippen molar-refractivity contribution in [2.75, 3.05) is 39.4 Å². The minimum Gasteiger partial charge on any atom is -0.383 e. The first-order valence-electron chi connectivity index (χ1n) is 10.6. The number of guanidine groups is 1. The third-order valence-electron chi connectivity index (χ3n) is 5.29. The van der Waals surface area contributed by atoms with Crippen LogP contribution in [0.4, 0.5) is 0 Å². The molecule has 0 aliphatic carbocycles. The number of aryl methyl sites for hydroxylation is 1. The van der Waals surface area contributed by atoms with E-state index in [-0.39, 0.29) is 24.0 Å². The summed E-state index contributed by atoms with van der Waals surface area (Å²) in [6, 6.07) is 8.45. The van der Waals surface area contributed by atoms with E-state index in [9.17, 15) is 5.11 Å². The smallest absolute Gasteiger partial charge is 0.191 e. The van der Waals surface area contributed by atoms with Gasteiger partial charge in [0, 0.05) is 45.0 Å². The van der Waals surface area contributed by atoms with Crippen molar-refractivity contribution in [2.45, 2.75) is 32.5 Å². The van der Waals surface area contributed by atoms with Crippen LogP contribution in [-0.2, 0) is 30.5 Å². The van der Waals surface area contributed by atoms with Crippen molar-refractivity contribution in [1.82, 2.24) is 25.3 Å². The highest BCUT2D eigenvalue weighted by atomic mass is 127. The van der Waals surface area contributed by atoms with E-state index in [2.05, 4.69) is 44.9 Å². The summed E-state index contributed by atoms with van der Waals surface area (Å²) in [6.45, 7) is 9.89. The zero-order chi connectivity index (χ0) is 21.4. The molecule has 1 aliphatic heterocycles. The number of hydrogen-bond donors (Lipinski definition) is 3. The van der Waals surface area contributed by atoms with E-state index in [1.165, 1.54) is 11.1 Å². The van der Waals surface area contributed by atoms with E-state index >= 15 is 0 Å². The molecule has 2 aromatic rings. The minimum atomic E-state index is -1.04. The molecule has 3 rings (SSSR count). The summed E-state index contributed by atoms with van der Waals surface area (Å²) in [5.41, 5.74) is 2.23. The first-order valence-corrected chi connectivity index (χ1v) is 10.6. The lowest BCUT2D eigenvalue weighted by Gasteiger charge is -2.27. The third kappa shape index (κ3) is 7.74. The van der Waals surface area contributed by atoms with E-state index in [0.717, 1.165) is 45.0 Å². The van der Waals surface area contributed by atoms with Gasteiger partial charge < -0.3 is 20.5 Å². The molecule has 2 heterocycles. The molecule has 31 heavy (non-hydrogen) atoms.